The molecule has 0 saturated carbocycles. The van der Waals surface area contributed by atoms with Crippen molar-refractivity contribution in [2.75, 3.05) is 5.73 Å². The lowest BCUT2D eigenvalue weighted by Gasteiger charge is -1.89. The highest BCUT2D eigenvalue weighted by Crippen LogP contribution is 2.03. The quantitative estimate of drug-likeness (QED) is 0.433. The Bertz CT molecular complexity index is 497. The Morgan fingerprint density at radius 3 is 2.77 bits per heavy atom. The molecule has 0 radical (unpaired) electrons. The fourth-order valence-corrected chi connectivity index (χ4v) is 1.07. The van der Waals surface area contributed by atoms with Crippen LogP contribution in [0, 0.1) is 0 Å². The first-order valence-corrected chi connectivity index (χ1v) is 3.65. The smallest absolute Gasteiger partial charge is 0.278 e. The normalized spacial score (nSPS) is 10.8. The first-order chi connectivity index (χ1) is 6.20. The van der Waals surface area contributed by atoms with Crippen LogP contribution in [0.15, 0.2) is 4.79 Å². The highest BCUT2D eigenvalue weighted by Gasteiger charge is 2.06. The van der Waals surface area contributed by atoms with E-state index in [-0.39, 0.29) is 18.1 Å². The third kappa shape index (κ3) is 1.14. The molecule has 0 aliphatic heterocycles. The molecule has 2 rings (SSSR count). The second-order valence-electron chi connectivity index (χ2n) is 2.54. The lowest BCUT2D eigenvalue weighted by Crippen LogP contribution is -2.10. The van der Waals surface area contributed by atoms with Crippen molar-refractivity contribution in [3.8, 4) is 0 Å². The van der Waals surface area contributed by atoms with Crippen molar-refractivity contribution in [1.82, 2.24) is 19.9 Å². The molecule has 2 heterocycles. The molecule has 7 nitrogen and oxygen atoms in total. The predicted octanol–water partition coefficient (Wildman–Crippen LogP) is -1.31. The number of nitrogen functional groups attached to an aromatic ring is 1. The van der Waals surface area contributed by atoms with Gasteiger partial charge in [-0.05, 0) is 0 Å². The van der Waals surface area contributed by atoms with E-state index in [0.29, 0.717) is 17.0 Å². The summed E-state index contributed by atoms with van der Waals surface area (Å²) < 4.78 is 0. The largest absolute Gasteiger partial charge is 0.369 e. The van der Waals surface area contributed by atoms with Crippen LogP contribution in [0.2, 0.25) is 0 Å². The van der Waals surface area contributed by atoms with Gasteiger partial charge in [0.2, 0.25) is 5.95 Å². The van der Waals surface area contributed by atoms with Crippen molar-refractivity contribution in [2.45, 2.75) is 6.54 Å². The maximum atomic E-state index is 11.2. The van der Waals surface area contributed by atoms with Crippen LogP contribution < -0.4 is 17.0 Å². The molecule has 0 bridgehead atoms. The zero-order valence-corrected chi connectivity index (χ0v) is 6.66. The number of fused-ring (bicyclic) bond motifs is 1. The third-order valence-corrected chi connectivity index (χ3v) is 1.62. The van der Waals surface area contributed by atoms with E-state index in [1.54, 1.807) is 0 Å². The number of aromatic nitrogens is 4. The minimum absolute atomic E-state index is 0.0487. The number of hydrogen-bond acceptors (Lipinski definition) is 5. The average molecular weight is 180 g/mol. The Morgan fingerprint density at radius 1 is 1.31 bits per heavy atom. The molecule has 0 aromatic carbocycles. The maximum absolute atomic E-state index is 11.2. The van der Waals surface area contributed by atoms with Crippen LogP contribution in [0.25, 0.3) is 11.2 Å². The Kier molecular flexibility index (Phi) is 1.52. The molecular formula is C6H8N6O. The summed E-state index contributed by atoms with van der Waals surface area (Å²) in [7, 11) is 0. The van der Waals surface area contributed by atoms with Crippen molar-refractivity contribution in [1.29, 1.82) is 0 Å². The number of aromatic amines is 2. The van der Waals surface area contributed by atoms with Gasteiger partial charge in [-0.15, -0.1) is 0 Å². The zero-order valence-electron chi connectivity index (χ0n) is 6.66. The van der Waals surface area contributed by atoms with Gasteiger partial charge in [0.15, 0.2) is 11.2 Å². The number of nitrogens with two attached hydrogens (primary N) is 2. The number of nitrogens with zero attached hydrogens (tertiary/aromatic N) is 2. The van der Waals surface area contributed by atoms with Gasteiger partial charge in [-0.25, -0.2) is 4.98 Å². The van der Waals surface area contributed by atoms with Crippen molar-refractivity contribution in [3.63, 3.8) is 0 Å². The predicted molar refractivity (Wildman–Crippen MR) is 46.8 cm³/mol. The monoisotopic (exact) mass is 180 g/mol. The van der Waals surface area contributed by atoms with Crippen LogP contribution in [0.1, 0.15) is 5.82 Å². The summed E-state index contributed by atoms with van der Waals surface area (Å²) >= 11 is 0. The summed E-state index contributed by atoms with van der Waals surface area (Å²) in [4.78, 5) is 24.1. The van der Waals surface area contributed by atoms with Crippen molar-refractivity contribution < 1.29 is 0 Å². The highest BCUT2D eigenvalue weighted by atomic mass is 16.1. The van der Waals surface area contributed by atoms with Crippen molar-refractivity contribution in [3.05, 3.63) is 16.2 Å². The van der Waals surface area contributed by atoms with Gasteiger partial charge in [-0.3, -0.25) is 9.78 Å². The molecule has 6 N–H and O–H groups in total. The molecule has 0 atom stereocenters. The van der Waals surface area contributed by atoms with Gasteiger partial charge in [0.05, 0.1) is 6.54 Å². The molecule has 13 heavy (non-hydrogen) atoms. The number of rotatable bonds is 1. The SMILES string of the molecule is NCc1nc2nc(N)[nH]c(=O)c2[nH]1. The number of nitrogens with one attached hydrogen (secondary N) is 2. The minimum Gasteiger partial charge on any atom is -0.369 e. The van der Waals surface area contributed by atoms with Crippen LogP contribution in [-0.4, -0.2) is 19.9 Å². The van der Waals surface area contributed by atoms with E-state index in [1.807, 2.05) is 0 Å². The van der Waals surface area contributed by atoms with Gasteiger partial charge in [-0.1, -0.05) is 0 Å². The van der Waals surface area contributed by atoms with Crippen LogP contribution >= 0.6 is 0 Å². The summed E-state index contributed by atoms with van der Waals surface area (Å²) in [5, 5.41) is 0. The average Bonchev–Trinajstić information content (AvgIpc) is 2.47. The molecule has 0 fully saturated rings. The third-order valence-electron chi connectivity index (χ3n) is 1.62. The van der Waals surface area contributed by atoms with Gasteiger partial charge in [0, 0.05) is 0 Å². The van der Waals surface area contributed by atoms with Crippen molar-refractivity contribution >= 4 is 17.1 Å². The van der Waals surface area contributed by atoms with Gasteiger partial charge in [0.1, 0.15) is 5.82 Å². The fraction of sp³-hybridized carbons (Fsp3) is 0.167. The summed E-state index contributed by atoms with van der Waals surface area (Å²) in [5.74, 6) is 0.561. The summed E-state index contributed by atoms with van der Waals surface area (Å²) in [6, 6.07) is 0. The topological polar surface area (TPSA) is 126 Å². The van der Waals surface area contributed by atoms with E-state index in [2.05, 4.69) is 19.9 Å². The summed E-state index contributed by atoms with van der Waals surface area (Å²) in [6.45, 7) is 0.232. The van der Waals surface area contributed by atoms with Gasteiger partial charge in [0.25, 0.3) is 5.56 Å². The summed E-state index contributed by atoms with van der Waals surface area (Å²) in [6.07, 6.45) is 0. The Morgan fingerprint density at radius 2 is 2.08 bits per heavy atom. The molecule has 0 unspecified atom stereocenters. The molecule has 0 aliphatic rings. The van der Waals surface area contributed by atoms with Crippen molar-refractivity contribution in [2.24, 2.45) is 5.73 Å². The maximum Gasteiger partial charge on any atom is 0.278 e. The number of imidazole rings is 1. The van der Waals surface area contributed by atoms with Gasteiger partial charge < -0.3 is 16.5 Å². The van der Waals surface area contributed by atoms with Gasteiger partial charge >= 0.3 is 0 Å². The Hall–Kier alpha value is -1.89. The van der Waals surface area contributed by atoms with Crippen LogP contribution in [0.5, 0.6) is 0 Å². The highest BCUT2D eigenvalue weighted by molar-refractivity contribution is 5.70. The molecular weight excluding hydrogens is 172 g/mol. The Balaban J connectivity index is 2.83. The van der Waals surface area contributed by atoms with E-state index in [1.165, 1.54) is 0 Å². The van der Waals surface area contributed by atoms with E-state index >= 15 is 0 Å². The molecule has 0 saturated heterocycles. The molecule has 2 aromatic heterocycles. The molecule has 0 spiro atoms. The zero-order chi connectivity index (χ0) is 9.42. The second kappa shape index (κ2) is 2.56. The van der Waals surface area contributed by atoms with E-state index < -0.39 is 0 Å². The first kappa shape index (κ1) is 7.74. The number of anilines is 1. The number of hydrogen-bond donors (Lipinski definition) is 4. The minimum atomic E-state index is -0.338. The summed E-state index contributed by atoms with van der Waals surface area (Å²) in [5.41, 5.74) is 10.9. The molecule has 7 heteroatoms. The van der Waals surface area contributed by atoms with Crippen LogP contribution in [0.4, 0.5) is 5.95 Å². The standard InChI is InChI=1S/C6H8N6O/c7-1-2-9-3-4(10-2)11-6(8)12-5(3)13/h1,7H2,(H4,8,9,10,11,12,13). The molecule has 2 aromatic rings. The fourth-order valence-electron chi connectivity index (χ4n) is 1.07. The van der Waals surface area contributed by atoms with E-state index in [4.69, 9.17) is 11.5 Å². The van der Waals surface area contributed by atoms with E-state index in [0.717, 1.165) is 0 Å². The molecule has 0 aliphatic carbocycles. The van der Waals surface area contributed by atoms with Crippen LogP contribution in [0.3, 0.4) is 0 Å². The lowest BCUT2D eigenvalue weighted by molar-refractivity contribution is 0.956. The van der Waals surface area contributed by atoms with Crippen LogP contribution in [-0.2, 0) is 6.54 Å². The second-order valence-corrected chi connectivity index (χ2v) is 2.54. The van der Waals surface area contributed by atoms with E-state index in [9.17, 15) is 4.79 Å². The van der Waals surface area contributed by atoms with Gasteiger partial charge in [-0.2, -0.15) is 4.98 Å². The molecule has 68 valence electrons. The molecule has 0 amide bonds. The Labute approximate surface area is 72.2 Å². The lowest BCUT2D eigenvalue weighted by atomic mass is 10.5. The first-order valence-electron chi connectivity index (χ1n) is 3.65. The number of H-pyrrole nitrogens is 2.